The summed E-state index contributed by atoms with van der Waals surface area (Å²) >= 11 is 0. The van der Waals surface area contributed by atoms with E-state index in [-0.39, 0.29) is 17.9 Å². The number of carbonyl (C=O) groups excluding carboxylic acids is 2. The minimum absolute atomic E-state index is 0.0113. The number of nitrogens with zero attached hydrogens (tertiary/aromatic N) is 3. The van der Waals surface area contributed by atoms with Crippen molar-refractivity contribution in [3.8, 4) is 0 Å². The van der Waals surface area contributed by atoms with Crippen molar-refractivity contribution in [3.05, 3.63) is 35.4 Å². The van der Waals surface area contributed by atoms with Crippen LogP contribution in [0, 0.1) is 6.92 Å². The third-order valence-electron chi connectivity index (χ3n) is 5.93. The number of piperazine rings is 1. The standard InChI is InChI=1S/C22H34N4O2/c1-18-8-4-5-9-20(18)19(2)23-21(27)16-24-12-14-25(15-13-24)17-22(28)26-10-6-3-7-11-26/h4-5,8-9,19H,3,6-7,10-17H2,1-2H3,(H,23,27)/t19-/m0/s1. The SMILES string of the molecule is Cc1ccccc1[C@H](C)NC(=O)CN1CCN(CC(=O)N2CCCCC2)CC1. The van der Waals surface area contributed by atoms with Gasteiger partial charge < -0.3 is 10.2 Å². The number of nitrogens with one attached hydrogen (secondary N) is 1. The van der Waals surface area contributed by atoms with E-state index in [4.69, 9.17) is 0 Å². The Kier molecular flexibility index (Phi) is 7.45. The van der Waals surface area contributed by atoms with E-state index in [1.807, 2.05) is 24.0 Å². The van der Waals surface area contributed by atoms with Gasteiger partial charge in [-0.15, -0.1) is 0 Å². The Bertz CT molecular complexity index is 664. The number of hydrogen-bond acceptors (Lipinski definition) is 4. The van der Waals surface area contributed by atoms with Gasteiger partial charge in [0, 0.05) is 39.3 Å². The van der Waals surface area contributed by atoms with E-state index in [0.717, 1.165) is 57.7 Å². The molecule has 6 heteroatoms. The summed E-state index contributed by atoms with van der Waals surface area (Å²) < 4.78 is 0. The van der Waals surface area contributed by atoms with Crippen molar-refractivity contribution in [2.75, 3.05) is 52.4 Å². The molecule has 1 atom stereocenters. The number of carbonyl (C=O) groups is 2. The van der Waals surface area contributed by atoms with E-state index in [2.05, 4.69) is 34.2 Å². The molecule has 2 amide bonds. The molecule has 2 aliphatic heterocycles. The Labute approximate surface area is 168 Å². The Morgan fingerprint density at radius 2 is 1.54 bits per heavy atom. The van der Waals surface area contributed by atoms with Gasteiger partial charge in [-0.05, 0) is 44.2 Å². The van der Waals surface area contributed by atoms with E-state index in [9.17, 15) is 9.59 Å². The monoisotopic (exact) mass is 386 g/mol. The van der Waals surface area contributed by atoms with E-state index in [0.29, 0.717) is 13.1 Å². The highest BCUT2D eigenvalue weighted by molar-refractivity contribution is 5.79. The molecule has 1 aromatic carbocycles. The van der Waals surface area contributed by atoms with Crippen LogP contribution in [0.1, 0.15) is 43.4 Å². The Hall–Kier alpha value is -1.92. The summed E-state index contributed by atoms with van der Waals surface area (Å²) in [6, 6.07) is 8.18. The van der Waals surface area contributed by atoms with E-state index in [1.165, 1.54) is 12.0 Å². The molecule has 0 saturated carbocycles. The Morgan fingerprint density at radius 3 is 2.18 bits per heavy atom. The zero-order chi connectivity index (χ0) is 19.9. The van der Waals surface area contributed by atoms with Gasteiger partial charge in [0.1, 0.15) is 0 Å². The summed E-state index contributed by atoms with van der Waals surface area (Å²) in [5.41, 5.74) is 2.36. The van der Waals surface area contributed by atoms with E-state index < -0.39 is 0 Å². The zero-order valence-electron chi connectivity index (χ0n) is 17.3. The minimum Gasteiger partial charge on any atom is -0.348 e. The molecule has 1 aromatic rings. The largest absolute Gasteiger partial charge is 0.348 e. The molecule has 0 spiro atoms. The highest BCUT2D eigenvalue weighted by Crippen LogP contribution is 2.16. The fourth-order valence-electron chi connectivity index (χ4n) is 4.18. The van der Waals surface area contributed by atoms with Gasteiger partial charge >= 0.3 is 0 Å². The van der Waals surface area contributed by atoms with Gasteiger partial charge in [-0.2, -0.15) is 0 Å². The molecule has 2 fully saturated rings. The maximum Gasteiger partial charge on any atom is 0.236 e. The van der Waals surface area contributed by atoms with Gasteiger partial charge in [-0.25, -0.2) is 0 Å². The van der Waals surface area contributed by atoms with Crippen LogP contribution >= 0.6 is 0 Å². The number of likely N-dealkylation sites (tertiary alicyclic amines) is 1. The summed E-state index contributed by atoms with van der Waals surface area (Å²) in [7, 11) is 0. The van der Waals surface area contributed by atoms with Crippen LogP contribution in [0.2, 0.25) is 0 Å². The molecule has 154 valence electrons. The van der Waals surface area contributed by atoms with Crippen molar-refractivity contribution in [1.29, 1.82) is 0 Å². The minimum atomic E-state index is 0.0113. The first-order chi connectivity index (χ1) is 13.5. The van der Waals surface area contributed by atoms with Gasteiger partial charge in [-0.1, -0.05) is 24.3 Å². The molecular formula is C22H34N4O2. The number of aryl methyl sites for hydroxylation is 1. The third kappa shape index (κ3) is 5.79. The van der Waals surface area contributed by atoms with Crippen molar-refractivity contribution in [3.63, 3.8) is 0 Å². The molecular weight excluding hydrogens is 352 g/mol. The maximum atomic E-state index is 12.4. The fourth-order valence-corrected chi connectivity index (χ4v) is 4.18. The van der Waals surface area contributed by atoms with Gasteiger partial charge in [0.05, 0.1) is 19.1 Å². The number of hydrogen-bond donors (Lipinski definition) is 1. The van der Waals surface area contributed by atoms with E-state index >= 15 is 0 Å². The topological polar surface area (TPSA) is 55.9 Å². The zero-order valence-corrected chi connectivity index (χ0v) is 17.3. The first kappa shape index (κ1) is 20.8. The first-order valence-corrected chi connectivity index (χ1v) is 10.6. The molecule has 2 aliphatic rings. The molecule has 2 saturated heterocycles. The highest BCUT2D eigenvalue weighted by atomic mass is 16.2. The second kappa shape index (κ2) is 10.0. The highest BCUT2D eigenvalue weighted by Gasteiger charge is 2.24. The van der Waals surface area contributed by atoms with Crippen LogP contribution in [-0.2, 0) is 9.59 Å². The number of rotatable bonds is 6. The average molecular weight is 387 g/mol. The third-order valence-corrected chi connectivity index (χ3v) is 5.93. The van der Waals surface area contributed by atoms with Gasteiger partial charge in [0.2, 0.25) is 11.8 Å². The maximum absolute atomic E-state index is 12.4. The van der Waals surface area contributed by atoms with Gasteiger partial charge in [0.25, 0.3) is 0 Å². The Morgan fingerprint density at radius 1 is 0.929 bits per heavy atom. The van der Waals surface area contributed by atoms with Crippen LogP contribution in [0.3, 0.4) is 0 Å². The number of benzene rings is 1. The Balaban J connectivity index is 1.38. The van der Waals surface area contributed by atoms with Crippen molar-refractivity contribution >= 4 is 11.8 Å². The fraction of sp³-hybridized carbons (Fsp3) is 0.636. The second-order valence-corrected chi connectivity index (χ2v) is 8.14. The van der Waals surface area contributed by atoms with Crippen molar-refractivity contribution in [1.82, 2.24) is 20.0 Å². The predicted octanol–water partition coefficient (Wildman–Crippen LogP) is 1.80. The van der Waals surface area contributed by atoms with Crippen LogP contribution in [0.15, 0.2) is 24.3 Å². The van der Waals surface area contributed by atoms with Crippen molar-refractivity contribution in [2.45, 2.75) is 39.2 Å². The van der Waals surface area contributed by atoms with Crippen molar-refractivity contribution < 1.29 is 9.59 Å². The summed E-state index contributed by atoms with van der Waals surface area (Å²) in [6.45, 7) is 10.2. The molecule has 2 heterocycles. The van der Waals surface area contributed by atoms with Crippen LogP contribution in [0.25, 0.3) is 0 Å². The quantitative estimate of drug-likeness (QED) is 0.810. The summed E-state index contributed by atoms with van der Waals surface area (Å²) in [5.74, 6) is 0.326. The summed E-state index contributed by atoms with van der Waals surface area (Å²) in [6.07, 6.45) is 3.51. The van der Waals surface area contributed by atoms with Crippen LogP contribution < -0.4 is 5.32 Å². The summed E-state index contributed by atoms with van der Waals surface area (Å²) in [5, 5.41) is 3.12. The van der Waals surface area contributed by atoms with Gasteiger partial charge in [0.15, 0.2) is 0 Å². The molecule has 1 N–H and O–H groups in total. The lowest BCUT2D eigenvalue weighted by atomic mass is 10.0. The average Bonchev–Trinajstić information content (AvgIpc) is 2.70. The lowest BCUT2D eigenvalue weighted by Gasteiger charge is -2.35. The number of amides is 2. The molecule has 3 rings (SSSR count). The molecule has 0 bridgehead atoms. The van der Waals surface area contributed by atoms with Crippen LogP contribution in [0.5, 0.6) is 0 Å². The van der Waals surface area contributed by atoms with Crippen LogP contribution in [0.4, 0.5) is 0 Å². The predicted molar refractivity (Wildman–Crippen MR) is 111 cm³/mol. The lowest BCUT2D eigenvalue weighted by molar-refractivity contribution is -0.134. The molecule has 0 aliphatic carbocycles. The molecule has 0 radical (unpaired) electrons. The normalized spacial score (nSPS) is 20.0. The smallest absolute Gasteiger partial charge is 0.236 e. The first-order valence-electron chi connectivity index (χ1n) is 10.6. The molecule has 0 unspecified atom stereocenters. The molecule has 6 nitrogen and oxygen atoms in total. The summed E-state index contributed by atoms with van der Waals surface area (Å²) in [4.78, 5) is 31.3. The lowest BCUT2D eigenvalue weighted by Crippen LogP contribution is -2.52. The number of piperidine rings is 1. The van der Waals surface area contributed by atoms with E-state index in [1.54, 1.807) is 0 Å². The van der Waals surface area contributed by atoms with Crippen molar-refractivity contribution in [2.24, 2.45) is 0 Å². The van der Waals surface area contributed by atoms with Crippen LogP contribution in [-0.4, -0.2) is 78.9 Å². The van der Waals surface area contributed by atoms with Gasteiger partial charge in [-0.3, -0.25) is 19.4 Å². The molecule has 0 aromatic heterocycles. The molecule has 28 heavy (non-hydrogen) atoms. The second-order valence-electron chi connectivity index (χ2n) is 8.14.